The summed E-state index contributed by atoms with van der Waals surface area (Å²) in [7, 11) is 2.22. The molecule has 2 atom stereocenters. The van der Waals surface area contributed by atoms with Crippen LogP contribution in [0, 0.1) is 5.92 Å². The first-order valence-corrected chi connectivity index (χ1v) is 11.0. The largest absolute Gasteiger partial charge is 0.357 e. The zero-order valence-corrected chi connectivity index (χ0v) is 17.8. The molecule has 2 aliphatic heterocycles. The lowest BCUT2D eigenvalue weighted by Gasteiger charge is -2.40. The number of piperazine rings is 1. The number of guanidine groups is 1. The Bertz CT molecular complexity index is 412. The van der Waals surface area contributed by atoms with E-state index < -0.39 is 0 Å². The zero-order chi connectivity index (χ0) is 18.3. The molecule has 0 aromatic carbocycles. The van der Waals surface area contributed by atoms with Crippen LogP contribution in [0.5, 0.6) is 0 Å². The summed E-state index contributed by atoms with van der Waals surface area (Å²) >= 11 is 2.08. The van der Waals surface area contributed by atoms with Gasteiger partial charge < -0.3 is 15.5 Å². The number of aliphatic imine (C=N–C) groups is 1. The molecule has 6 heteroatoms. The summed E-state index contributed by atoms with van der Waals surface area (Å²) in [5.74, 6) is 2.91. The Hall–Kier alpha value is -0.460. The molecule has 0 bridgehead atoms. The fourth-order valence-corrected chi connectivity index (χ4v) is 4.92. The highest BCUT2D eigenvalue weighted by Gasteiger charge is 2.29. The van der Waals surface area contributed by atoms with Gasteiger partial charge in [-0.2, -0.15) is 11.8 Å². The summed E-state index contributed by atoms with van der Waals surface area (Å²) in [6.07, 6.45) is 2.62. The fourth-order valence-electron chi connectivity index (χ4n) is 3.69. The van der Waals surface area contributed by atoms with Gasteiger partial charge in [0.1, 0.15) is 0 Å². The van der Waals surface area contributed by atoms with Crippen LogP contribution in [0.3, 0.4) is 0 Å². The molecular formula is C19H39N5S. The summed E-state index contributed by atoms with van der Waals surface area (Å²) in [6, 6.07) is 0.564. The zero-order valence-electron chi connectivity index (χ0n) is 17.0. The van der Waals surface area contributed by atoms with Crippen molar-refractivity contribution >= 4 is 17.7 Å². The second kappa shape index (κ2) is 10.0. The minimum Gasteiger partial charge on any atom is -0.357 e. The Kier molecular flexibility index (Phi) is 8.36. The minimum atomic E-state index is 0.331. The third-order valence-corrected chi connectivity index (χ3v) is 6.99. The molecule has 0 spiro atoms. The van der Waals surface area contributed by atoms with Gasteiger partial charge >= 0.3 is 0 Å². The molecule has 0 aromatic heterocycles. The van der Waals surface area contributed by atoms with Crippen molar-refractivity contribution in [2.75, 3.05) is 58.6 Å². The van der Waals surface area contributed by atoms with Crippen molar-refractivity contribution in [3.63, 3.8) is 0 Å². The van der Waals surface area contributed by atoms with E-state index in [2.05, 4.69) is 66.9 Å². The maximum absolute atomic E-state index is 4.90. The van der Waals surface area contributed by atoms with E-state index in [0.29, 0.717) is 16.7 Å². The second-order valence-corrected chi connectivity index (χ2v) is 9.81. The van der Waals surface area contributed by atoms with Crippen LogP contribution in [0.2, 0.25) is 0 Å². The molecule has 0 aliphatic carbocycles. The first-order chi connectivity index (χ1) is 11.9. The Morgan fingerprint density at radius 3 is 2.48 bits per heavy atom. The Labute approximate surface area is 159 Å². The van der Waals surface area contributed by atoms with E-state index in [4.69, 9.17) is 4.99 Å². The van der Waals surface area contributed by atoms with Crippen LogP contribution in [-0.4, -0.2) is 85.2 Å². The first-order valence-electron chi connectivity index (χ1n) is 10.0. The van der Waals surface area contributed by atoms with Gasteiger partial charge in [0.15, 0.2) is 5.96 Å². The summed E-state index contributed by atoms with van der Waals surface area (Å²) < 4.78 is 0.331. The smallest absolute Gasteiger partial charge is 0.191 e. The number of likely N-dealkylation sites (N-methyl/N-ethyl adjacent to an activating group) is 1. The van der Waals surface area contributed by atoms with Crippen LogP contribution in [0.25, 0.3) is 0 Å². The Morgan fingerprint density at radius 1 is 1.20 bits per heavy atom. The molecule has 2 rings (SSSR count). The van der Waals surface area contributed by atoms with Crippen LogP contribution < -0.4 is 10.6 Å². The van der Waals surface area contributed by atoms with Crippen molar-refractivity contribution in [1.29, 1.82) is 0 Å². The summed E-state index contributed by atoms with van der Waals surface area (Å²) in [5.41, 5.74) is 0. The van der Waals surface area contributed by atoms with E-state index in [1.165, 1.54) is 44.8 Å². The van der Waals surface area contributed by atoms with Gasteiger partial charge in [0.2, 0.25) is 0 Å². The fraction of sp³-hybridized carbons (Fsp3) is 0.947. The van der Waals surface area contributed by atoms with Crippen LogP contribution in [0.15, 0.2) is 4.99 Å². The number of hydrogen-bond donors (Lipinski definition) is 2. The summed E-state index contributed by atoms with van der Waals surface area (Å²) in [6.45, 7) is 16.7. The molecule has 2 heterocycles. The number of hydrogen-bond acceptors (Lipinski definition) is 4. The molecular weight excluding hydrogens is 330 g/mol. The lowest BCUT2D eigenvalue weighted by atomic mass is 10.0. The predicted molar refractivity (Wildman–Crippen MR) is 112 cm³/mol. The highest BCUT2D eigenvalue weighted by molar-refractivity contribution is 8.00. The predicted octanol–water partition coefficient (Wildman–Crippen LogP) is 2.10. The SMILES string of the molecule is CCNC(=NCC1(C)CCCS1)NCC(C(C)C)N1CCN(C)CC1. The lowest BCUT2D eigenvalue weighted by molar-refractivity contribution is 0.0900. The topological polar surface area (TPSA) is 42.9 Å². The van der Waals surface area contributed by atoms with Gasteiger partial charge in [-0.15, -0.1) is 0 Å². The standard InChI is InChI=1S/C19H39N5S/c1-6-20-18(22-15-19(4)8-7-13-25-19)21-14-17(16(2)3)24-11-9-23(5)10-12-24/h16-17H,6-15H2,1-5H3,(H2,20,21,22). The van der Waals surface area contributed by atoms with Gasteiger partial charge in [0.05, 0.1) is 6.54 Å². The highest BCUT2D eigenvalue weighted by Crippen LogP contribution is 2.37. The average Bonchev–Trinajstić information content (AvgIpc) is 3.01. The van der Waals surface area contributed by atoms with E-state index in [0.717, 1.165) is 25.6 Å². The molecule has 0 radical (unpaired) electrons. The third kappa shape index (κ3) is 6.65. The van der Waals surface area contributed by atoms with Gasteiger partial charge in [-0.25, -0.2) is 0 Å². The Morgan fingerprint density at radius 2 is 1.92 bits per heavy atom. The minimum absolute atomic E-state index is 0.331. The van der Waals surface area contributed by atoms with Gasteiger partial charge in [-0.3, -0.25) is 9.89 Å². The van der Waals surface area contributed by atoms with Crippen LogP contribution in [0.4, 0.5) is 0 Å². The van der Waals surface area contributed by atoms with E-state index in [1.54, 1.807) is 0 Å². The lowest BCUT2D eigenvalue weighted by Crippen LogP contribution is -2.55. The second-order valence-electron chi connectivity index (χ2n) is 8.13. The van der Waals surface area contributed by atoms with E-state index in [9.17, 15) is 0 Å². The molecule has 2 saturated heterocycles. The molecule has 0 aromatic rings. The van der Waals surface area contributed by atoms with Gasteiger partial charge in [-0.1, -0.05) is 13.8 Å². The average molecular weight is 370 g/mol. The molecule has 25 heavy (non-hydrogen) atoms. The quantitative estimate of drug-likeness (QED) is 0.531. The number of nitrogens with zero attached hydrogens (tertiary/aromatic N) is 3. The van der Waals surface area contributed by atoms with Crippen molar-refractivity contribution in [2.24, 2.45) is 10.9 Å². The maximum Gasteiger partial charge on any atom is 0.191 e. The van der Waals surface area contributed by atoms with Crippen molar-refractivity contribution in [3.05, 3.63) is 0 Å². The van der Waals surface area contributed by atoms with Crippen LogP contribution >= 0.6 is 11.8 Å². The molecule has 0 amide bonds. The highest BCUT2D eigenvalue weighted by atomic mass is 32.2. The van der Waals surface area contributed by atoms with E-state index in [-0.39, 0.29) is 0 Å². The maximum atomic E-state index is 4.90. The molecule has 2 N–H and O–H groups in total. The molecule has 146 valence electrons. The first kappa shape index (κ1) is 20.8. The summed E-state index contributed by atoms with van der Waals surface area (Å²) in [5, 5.41) is 7.06. The normalized spacial score (nSPS) is 27.7. The van der Waals surface area contributed by atoms with Crippen LogP contribution in [0.1, 0.15) is 40.5 Å². The molecule has 2 unspecified atom stereocenters. The number of nitrogens with one attached hydrogen (secondary N) is 2. The van der Waals surface area contributed by atoms with Gasteiger partial charge in [-0.05, 0) is 45.4 Å². The third-order valence-electron chi connectivity index (χ3n) is 5.47. The number of rotatable bonds is 7. The molecule has 2 aliphatic rings. The van der Waals surface area contributed by atoms with Crippen molar-refractivity contribution < 1.29 is 0 Å². The van der Waals surface area contributed by atoms with Gasteiger partial charge in [0, 0.05) is 50.1 Å². The van der Waals surface area contributed by atoms with Crippen molar-refractivity contribution in [1.82, 2.24) is 20.4 Å². The van der Waals surface area contributed by atoms with Crippen molar-refractivity contribution in [3.8, 4) is 0 Å². The van der Waals surface area contributed by atoms with E-state index >= 15 is 0 Å². The monoisotopic (exact) mass is 369 g/mol. The molecule has 0 saturated carbocycles. The van der Waals surface area contributed by atoms with Crippen LogP contribution in [-0.2, 0) is 0 Å². The molecule has 5 nitrogen and oxygen atoms in total. The molecule has 2 fully saturated rings. The summed E-state index contributed by atoms with van der Waals surface area (Å²) in [4.78, 5) is 9.97. The number of thioether (sulfide) groups is 1. The van der Waals surface area contributed by atoms with E-state index in [1.807, 2.05) is 0 Å². The van der Waals surface area contributed by atoms with Crippen molar-refractivity contribution in [2.45, 2.75) is 51.3 Å². The Balaban J connectivity index is 1.90. The van der Waals surface area contributed by atoms with Gasteiger partial charge in [0.25, 0.3) is 0 Å².